The monoisotopic (exact) mass is 166 g/mol. The maximum absolute atomic E-state index is 9.95. The molecule has 0 radical (unpaired) electrons. The number of allylic oxidation sites excluding steroid dienone is 1. The lowest BCUT2D eigenvalue weighted by Crippen LogP contribution is -1.65. The van der Waals surface area contributed by atoms with Crippen LogP contribution in [0, 0.1) is 6.92 Å². The van der Waals surface area contributed by atoms with Gasteiger partial charge in [0, 0.05) is 11.3 Å². The Kier molecular flexibility index (Phi) is 3.05. The van der Waals surface area contributed by atoms with Crippen molar-refractivity contribution >= 4 is 23.7 Å². The number of hydrogen-bond donors (Lipinski definition) is 0. The van der Waals surface area contributed by atoms with Crippen LogP contribution < -0.4 is 0 Å². The second-order valence-electron chi connectivity index (χ2n) is 2.30. The number of aldehydes is 1. The van der Waals surface area contributed by atoms with Crippen LogP contribution in [-0.2, 0) is 4.79 Å². The molecule has 0 aliphatic heterocycles. The molecule has 11 heavy (non-hydrogen) atoms. The average Bonchev–Trinajstić information content (AvgIpc) is 2.37. The Hall–Kier alpha value is -0.890. The minimum Gasteiger partial charge on any atom is -0.303 e. The Morgan fingerprint density at radius 1 is 1.64 bits per heavy atom. The summed E-state index contributed by atoms with van der Waals surface area (Å²) >= 11 is 1.72. The molecule has 0 bridgehead atoms. The molecule has 0 fully saturated rings. The van der Waals surface area contributed by atoms with Gasteiger partial charge >= 0.3 is 0 Å². The van der Waals surface area contributed by atoms with Gasteiger partial charge in [-0.1, -0.05) is 12.2 Å². The fraction of sp³-hybridized carbons (Fsp3) is 0.222. The largest absolute Gasteiger partial charge is 0.303 e. The van der Waals surface area contributed by atoms with E-state index in [1.807, 2.05) is 12.2 Å². The highest BCUT2D eigenvalue weighted by Crippen LogP contribution is 2.14. The van der Waals surface area contributed by atoms with Crippen molar-refractivity contribution in [1.29, 1.82) is 0 Å². The van der Waals surface area contributed by atoms with Crippen LogP contribution in [0.15, 0.2) is 17.5 Å². The fourth-order valence-corrected chi connectivity index (χ4v) is 1.48. The van der Waals surface area contributed by atoms with E-state index >= 15 is 0 Å². The van der Waals surface area contributed by atoms with Crippen molar-refractivity contribution in [2.75, 3.05) is 0 Å². The minimum atomic E-state index is 0.509. The van der Waals surface area contributed by atoms with Gasteiger partial charge in [0.1, 0.15) is 6.29 Å². The van der Waals surface area contributed by atoms with Crippen molar-refractivity contribution in [2.24, 2.45) is 0 Å². The summed E-state index contributed by atoms with van der Waals surface area (Å²) in [7, 11) is 0. The van der Waals surface area contributed by atoms with Crippen LogP contribution in [-0.4, -0.2) is 6.29 Å². The van der Waals surface area contributed by atoms with Crippen LogP contribution in [0.5, 0.6) is 0 Å². The molecule has 1 heterocycles. The number of carbonyl (C=O) groups is 1. The van der Waals surface area contributed by atoms with E-state index in [0.717, 1.165) is 6.29 Å². The summed E-state index contributed by atoms with van der Waals surface area (Å²) in [6.07, 6.45) is 5.25. The maximum Gasteiger partial charge on any atom is 0.123 e. The number of hydrogen-bond acceptors (Lipinski definition) is 2. The zero-order valence-electron chi connectivity index (χ0n) is 6.41. The van der Waals surface area contributed by atoms with Crippen LogP contribution in [0.1, 0.15) is 16.9 Å². The summed E-state index contributed by atoms with van der Waals surface area (Å²) in [5, 5.41) is 2.08. The molecule has 0 saturated heterocycles. The highest BCUT2D eigenvalue weighted by molar-refractivity contribution is 7.10. The topological polar surface area (TPSA) is 17.1 Å². The van der Waals surface area contributed by atoms with Crippen molar-refractivity contribution in [3.63, 3.8) is 0 Å². The van der Waals surface area contributed by atoms with E-state index < -0.39 is 0 Å². The first-order chi connectivity index (χ1) is 5.33. The molecule has 0 spiro atoms. The van der Waals surface area contributed by atoms with Gasteiger partial charge in [-0.25, -0.2) is 0 Å². The average molecular weight is 166 g/mol. The van der Waals surface area contributed by atoms with Gasteiger partial charge in [0.05, 0.1) is 0 Å². The van der Waals surface area contributed by atoms with E-state index in [9.17, 15) is 4.79 Å². The molecular formula is C9H10OS. The number of aryl methyl sites for hydroxylation is 1. The second kappa shape index (κ2) is 4.09. The summed E-state index contributed by atoms with van der Waals surface area (Å²) in [4.78, 5) is 11.3. The van der Waals surface area contributed by atoms with Gasteiger partial charge in [0.2, 0.25) is 0 Å². The van der Waals surface area contributed by atoms with Gasteiger partial charge in [0.25, 0.3) is 0 Å². The first kappa shape index (κ1) is 8.21. The zero-order chi connectivity index (χ0) is 8.10. The van der Waals surface area contributed by atoms with Crippen LogP contribution in [0.4, 0.5) is 0 Å². The summed E-state index contributed by atoms with van der Waals surface area (Å²) in [5.41, 5.74) is 1.19. The van der Waals surface area contributed by atoms with E-state index in [4.69, 9.17) is 0 Å². The molecule has 0 amide bonds. The predicted octanol–water partition coefficient (Wildman–Crippen LogP) is 2.66. The Morgan fingerprint density at radius 3 is 3.00 bits per heavy atom. The van der Waals surface area contributed by atoms with E-state index in [2.05, 4.69) is 18.4 Å². The molecule has 0 atom stereocenters. The molecule has 0 aliphatic carbocycles. The van der Waals surface area contributed by atoms with Gasteiger partial charge < -0.3 is 4.79 Å². The second-order valence-corrected chi connectivity index (χ2v) is 3.41. The molecular weight excluding hydrogens is 156 g/mol. The summed E-state index contributed by atoms with van der Waals surface area (Å²) in [6.45, 7) is 2.07. The first-order valence-corrected chi connectivity index (χ1v) is 4.36. The Labute approximate surface area is 70.4 Å². The molecule has 1 rings (SSSR count). The van der Waals surface area contributed by atoms with Crippen molar-refractivity contribution in [1.82, 2.24) is 0 Å². The molecule has 0 saturated carbocycles. The van der Waals surface area contributed by atoms with Crippen molar-refractivity contribution in [2.45, 2.75) is 13.3 Å². The van der Waals surface area contributed by atoms with Crippen LogP contribution in [0.3, 0.4) is 0 Å². The lowest BCUT2D eigenvalue weighted by molar-refractivity contribution is -0.107. The molecule has 0 aliphatic rings. The Bertz CT molecular complexity index is 260. The van der Waals surface area contributed by atoms with Gasteiger partial charge in [-0.05, 0) is 23.9 Å². The third-order valence-electron chi connectivity index (χ3n) is 1.29. The zero-order valence-corrected chi connectivity index (χ0v) is 7.23. The summed E-state index contributed by atoms with van der Waals surface area (Å²) in [5.74, 6) is 0. The van der Waals surface area contributed by atoms with Crippen molar-refractivity contribution in [3.8, 4) is 0 Å². The third kappa shape index (κ3) is 2.68. The molecule has 1 aromatic rings. The minimum absolute atomic E-state index is 0.509. The SMILES string of the molecule is Cc1cc(C=CCC=O)cs1. The normalized spacial score (nSPS) is 10.6. The first-order valence-electron chi connectivity index (χ1n) is 3.48. The number of rotatable bonds is 3. The number of thiophene rings is 1. The van der Waals surface area contributed by atoms with Crippen molar-refractivity contribution < 1.29 is 4.79 Å². The summed E-state index contributed by atoms with van der Waals surface area (Å²) < 4.78 is 0. The molecule has 0 aromatic carbocycles. The molecule has 1 aromatic heterocycles. The maximum atomic E-state index is 9.95. The van der Waals surface area contributed by atoms with Gasteiger partial charge in [-0.15, -0.1) is 11.3 Å². The standard InChI is InChI=1S/C9H10OS/c1-8-6-9(7-11-8)4-2-3-5-10/h2,4-7H,3H2,1H3. The van der Waals surface area contributed by atoms with Crippen molar-refractivity contribution in [3.05, 3.63) is 28.0 Å². The fourth-order valence-electron chi connectivity index (χ4n) is 0.811. The van der Waals surface area contributed by atoms with Crippen LogP contribution in [0.2, 0.25) is 0 Å². The molecule has 0 N–H and O–H groups in total. The molecule has 58 valence electrons. The smallest absolute Gasteiger partial charge is 0.123 e. The predicted molar refractivity (Wildman–Crippen MR) is 48.8 cm³/mol. The quantitative estimate of drug-likeness (QED) is 0.631. The lowest BCUT2D eigenvalue weighted by Gasteiger charge is -1.79. The Morgan fingerprint density at radius 2 is 2.45 bits per heavy atom. The van der Waals surface area contributed by atoms with E-state index in [1.54, 1.807) is 11.3 Å². The number of carbonyl (C=O) groups excluding carboxylic acids is 1. The summed E-state index contributed by atoms with van der Waals surface area (Å²) in [6, 6.07) is 2.10. The van der Waals surface area contributed by atoms with E-state index in [1.165, 1.54) is 10.4 Å². The highest BCUT2D eigenvalue weighted by atomic mass is 32.1. The molecule has 2 heteroatoms. The highest BCUT2D eigenvalue weighted by Gasteiger charge is 1.88. The molecule has 1 nitrogen and oxygen atoms in total. The third-order valence-corrected chi connectivity index (χ3v) is 2.17. The van der Waals surface area contributed by atoms with E-state index in [0.29, 0.717) is 6.42 Å². The van der Waals surface area contributed by atoms with Crippen LogP contribution in [0.25, 0.3) is 6.08 Å². The lowest BCUT2D eigenvalue weighted by atomic mass is 10.3. The van der Waals surface area contributed by atoms with Gasteiger partial charge in [-0.3, -0.25) is 0 Å². The van der Waals surface area contributed by atoms with E-state index in [-0.39, 0.29) is 0 Å². The molecule has 0 unspecified atom stereocenters. The van der Waals surface area contributed by atoms with Gasteiger partial charge in [-0.2, -0.15) is 0 Å². The Balaban J connectivity index is 2.56. The van der Waals surface area contributed by atoms with Crippen LogP contribution >= 0.6 is 11.3 Å². The van der Waals surface area contributed by atoms with Gasteiger partial charge in [0.15, 0.2) is 0 Å².